The number of nitrogens with zero attached hydrogens (tertiary/aromatic N) is 3. The predicted octanol–water partition coefficient (Wildman–Crippen LogP) is -1.02. The Bertz CT molecular complexity index is 712. The summed E-state index contributed by atoms with van der Waals surface area (Å²) in [7, 11) is 0. The van der Waals surface area contributed by atoms with Crippen LogP contribution in [0.4, 0.5) is 10.9 Å². The van der Waals surface area contributed by atoms with Crippen molar-refractivity contribution in [2.24, 2.45) is 5.73 Å². The molecule has 9 heteroatoms. The number of nitrogens with two attached hydrogens (primary N) is 1. The molecule has 126 valence electrons. The molecule has 1 fully saturated rings. The van der Waals surface area contributed by atoms with Gasteiger partial charge in [-0.2, -0.15) is 0 Å². The van der Waals surface area contributed by atoms with Crippen molar-refractivity contribution in [3.8, 4) is 0 Å². The van der Waals surface area contributed by atoms with Gasteiger partial charge in [-0.05, 0) is 17.5 Å². The zero-order valence-corrected chi connectivity index (χ0v) is 13.9. The van der Waals surface area contributed by atoms with Crippen molar-refractivity contribution in [3.05, 3.63) is 35.5 Å². The smallest absolute Gasteiger partial charge is 0.280 e. The summed E-state index contributed by atoms with van der Waals surface area (Å²) in [5, 5.41) is 5.04. The number of hydrogen-bond donors (Lipinski definition) is 3. The van der Waals surface area contributed by atoms with Crippen molar-refractivity contribution in [3.63, 3.8) is 0 Å². The van der Waals surface area contributed by atoms with Crippen molar-refractivity contribution < 1.29 is 14.5 Å². The summed E-state index contributed by atoms with van der Waals surface area (Å²) in [5.74, 6) is 0.0837. The van der Waals surface area contributed by atoms with E-state index in [9.17, 15) is 9.59 Å². The minimum atomic E-state index is -0.532. The lowest BCUT2D eigenvalue weighted by Gasteiger charge is -2.31. The van der Waals surface area contributed by atoms with Gasteiger partial charge in [0.15, 0.2) is 6.54 Å². The van der Waals surface area contributed by atoms with Gasteiger partial charge in [0, 0.05) is 12.4 Å². The Labute approximate surface area is 143 Å². The number of nitrogens with one attached hydrogen (secondary N) is 2. The second kappa shape index (κ2) is 7.37. The number of hydrogen-bond acceptors (Lipinski definition) is 6. The Morgan fingerprint density at radius 3 is 2.67 bits per heavy atom. The first-order valence-corrected chi connectivity index (χ1v) is 8.54. The molecule has 1 aliphatic heterocycles. The fourth-order valence-electron chi connectivity index (χ4n) is 2.65. The number of primary amides is 1. The van der Waals surface area contributed by atoms with Crippen LogP contribution < -0.4 is 20.9 Å². The van der Waals surface area contributed by atoms with E-state index in [0.29, 0.717) is 17.1 Å². The molecule has 3 rings (SSSR count). The molecule has 0 aliphatic carbocycles. The minimum absolute atomic E-state index is 0.112. The lowest BCUT2D eigenvalue weighted by atomic mass is 10.3. The summed E-state index contributed by atoms with van der Waals surface area (Å²) in [6.07, 6.45) is 3.46. The molecule has 2 aromatic heterocycles. The SMILES string of the molecule is NC(=O)c1ccsc1NC(=O)C[NH+]1CCN(c2ncccn2)CC1. The minimum Gasteiger partial charge on any atom is -0.366 e. The summed E-state index contributed by atoms with van der Waals surface area (Å²) >= 11 is 1.30. The van der Waals surface area contributed by atoms with E-state index < -0.39 is 5.91 Å². The van der Waals surface area contributed by atoms with Gasteiger partial charge in [-0.3, -0.25) is 9.59 Å². The van der Waals surface area contributed by atoms with E-state index >= 15 is 0 Å². The van der Waals surface area contributed by atoms with E-state index in [0.717, 1.165) is 32.1 Å². The summed E-state index contributed by atoms with van der Waals surface area (Å²) in [6, 6.07) is 3.41. The number of rotatable bonds is 5. The highest BCUT2D eigenvalue weighted by Gasteiger charge is 2.24. The number of amides is 2. The Morgan fingerprint density at radius 1 is 1.29 bits per heavy atom. The molecule has 0 saturated carbocycles. The number of quaternary nitrogens is 1. The summed E-state index contributed by atoms with van der Waals surface area (Å²) < 4.78 is 0. The van der Waals surface area contributed by atoms with Gasteiger partial charge in [-0.25, -0.2) is 9.97 Å². The second-order valence-electron chi connectivity index (χ2n) is 5.54. The lowest BCUT2D eigenvalue weighted by Crippen LogP contribution is -3.15. The molecule has 0 spiro atoms. The van der Waals surface area contributed by atoms with E-state index in [1.54, 1.807) is 29.9 Å². The largest absolute Gasteiger partial charge is 0.366 e. The van der Waals surface area contributed by atoms with E-state index in [2.05, 4.69) is 20.2 Å². The number of aromatic nitrogens is 2. The third-order valence-corrected chi connectivity index (χ3v) is 4.73. The molecule has 1 aliphatic rings. The fraction of sp³-hybridized carbons (Fsp3) is 0.333. The van der Waals surface area contributed by atoms with Crippen molar-refractivity contribution in [1.82, 2.24) is 9.97 Å². The molecule has 4 N–H and O–H groups in total. The molecule has 0 aromatic carbocycles. The van der Waals surface area contributed by atoms with Crippen LogP contribution in [-0.2, 0) is 4.79 Å². The van der Waals surface area contributed by atoms with Gasteiger partial charge in [-0.15, -0.1) is 11.3 Å². The van der Waals surface area contributed by atoms with E-state index in [-0.39, 0.29) is 5.91 Å². The molecule has 0 bridgehead atoms. The molecule has 0 unspecified atom stereocenters. The molecular weight excluding hydrogens is 328 g/mol. The van der Waals surface area contributed by atoms with Crippen LogP contribution in [-0.4, -0.2) is 54.5 Å². The van der Waals surface area contributed by atoms with Crippen LogP contribution in [0.1, 0.15) is 10.4 Å². The van der Waals surface area contributed by atoms with E-state index in [4.69, 9.17) is 5.73 Å². The molecule has 2 aromatic rings. The zero-order chi connectivity index (χ0) is 16.9. The van der Waals surface area contributed by atoms with E-state index in [1.165, 1.54) is 16.2 Å². The van der Waals surface area contributed by atoms with Gasteiger partial charge in [0.2, 0.25) is 5.95 Å². The second-order valence-corrected chi connectivity index (χ2v) is 6.45. The van der Waals surface area contributed by atoms with Crippen LogP contribution in [0.3, 0.4) is 0 Å². The number of carbonyl (C=O) groups is 2. The maximum Gasteiger partial charge on any atom is 0.280 e. The molecule has 8 nitrogen and oxygen atoms in total. The predicted molar refractivity (Wildman–Crippen MR) is 91.3 cm³/mol. The van der Waals surface area contributed by atoms with Crippen molar-refractivity contribution in [2.75, 3.05) is 42.9 Å². The monoisotopic (exact) mass is 347 g/mol. The molecule has 3 heterocycles. The van der Waals surface area contributed by atoms with Crippen molar-refractivity contribution >= 4 is 34.1 Å². The van der Waals surface area contributed by atoms with Crippen LogP contribution in [0.2, 0.25) is 0 Å². The Balaban J connectivity index is 1.50. The van der Waals surface area contributed by atoms with Gasteiger partial charge in [-0.1, -0.05) is 0 Å². The molecule has 1 saturated heterocycles. The summed E-state index contributed by atoms with van der Waals surface area (Å²) in [5.41, 5.74) is 5.64. The first kappa shape index (κ1) is 16.3. The van der Waals surface area contributed by atoms with Crippen LogP contribution in [0.25, 0.3) is 0 Å². The van der Waals surface area contributed by atoms with Gasteiger partial charge < -0.3 is 20.9 Å². The summed E-state index contributed by atoms with van der Waals surface area (Å²) in [4.78, 5) is 35.3. The van der Waals surface area contributed by atoms with Crippen LogP contribution >= 0.6 is 11.3 Å². The highest BCUT2D eigenvalue weighted by molar-refractivity contribution is 7.14. The summed E-state index contributed by atoms with van der Waals surface area (Å²) in [6.45, 7) is 3.63. The third-order valence-electron chi connectivity index (χ3n) is 3.90. The Morgan fingerprint density at radius 2 is 2.00 bits per heavy atom. The number of carbonyl (C=O) groups excluding carboxylic acids is 2. The molecule has 0 atom stereocenters. The first-order valence-electron chi connectivity index (χ1n) is 7.66. The van der Waals surface area contributed by atoms with Crippen molar-refractivity contribution in [1.29, 1.82) is 0 Å². The van der Waals surface area contributed by atoms with Gasteiger partial charge in [0.1, 0.15) is 5.00 Å². The highest BCUT2D eigenvalue weighted by Crippen LogP contribution is 2.22. The lowest BCUT2D eigenvalue weighted by molar-refractivity contribution is -0.892. The van der Waals surface area contributed by atoms with Crippen LogP contribution in [0.5, 0.6) is 0 Å². The van der Waals surface area contributed by atoms with E-state index in [1.807, 2.05) is 0 Å². The number of piperazine rings is 1. The van der Waals surface area contributed by atoms with Gasteiger partial charge >= 0.3 is 0 Å². The standard InChI is InChI=1S/C15H18N6O2S/c16-13(23)11-2-9-24-14(11)19-12(22)10-20-5-7-21(8-6-20)15-17-3-1-4-18-15/h1-4,9H,5-8,10H2,(H2,16,23)(H,19,22)/p+1. The fourth-order valence-corrected chi connectivity index (χ4v) is 3.46. The van der Waals surface area contributed by atoms with Crippen LogP contribution in [0, 0.1) is 0 Å². The molecule has 24 heavy (non-hydrogen) atoms. The van der Waals surface area contributed by atoms with Gasteiger partial charge in [0.25, 0.3) is 11.8 Å². The zero-order valence-electron chi connectivity index (χ0n) is 13.1. The molecule has 2 amide bonds. The maximum absolute atomic E-state index is 12.2. The first-order chi connectivity index (χ1) is 11.6. The molecular formula is C15H19N6O2S+. The van der Waals surface area contributed by atoms with Gasteiger partial charge in [0.05, 0.1) is 31.7 Å². The number of anilines is 2. The quantitative estimate of drug-likeness (QED) is 0.642. The Kier molecular flexibility index (Phi) is 5.02. The average molecular weight is 347 g/mol. The average Bonchev–Trinajstić information content (AvgIpc) is 3.04. The third kappa shape index (κ3) is 3.87. The highest BCUT2D eigenvalue weighted by atomic mass is 32.1. The number of thiophene rings is 1. The maximum atomic E-state index is 12.2. The Hall–Kier alpha value is -2.52. The topological polar surface area (TPSA) is 106 Å². The normalized spacial score (nSPS) is 15.2. The van der Waals surface area contributed by atoms with Crippen molar-refractivity contribution in [2.45, 2.75) is 0 Å². The van der Waals surface area contributed by atoms with Crippen LogP contribution in [0.15, 0.2) is 29.9 Å². The molecule has 0 radical (unpaired) electrons.